The summed E-state index contributed by atoms with van der Waals surface area (Å²) in [7, 11) is 0. The molecule has 0 saturated heterocycles. The molecule has 164 valence electrons. The standard InChI is InChI=1S/C26H19N7O/c34-26-22-23-25(31-21-11-5-4-10-20(21)30-23)33(29-16-19-9-6-13-27-15-19)24(22)28-17-32(26)14-12-18-7-2-1-3-8-18/h1-11,13,15-17H,12,14H2/b29-16+. The zero-order valence-electron chi connectivity index (χ0n) is 18.1. The molecule has 0 spiro atoms. The predicted octanol–water partition coefficient (Wildman–Crippen LogP) is 3.81. The molecule has 0 saturated carbocycles. The quantitative estimate of drug-likeness (QED) is 0.376. The number of fused-ring (bicyclic) bond motifs is 4. The van der Waals surface area contributed by atoms with Crippen LogP contribution in [-0.4, -0.2) is 35.4 Å². The molecule has 6 rings (SSSR count). The number of aromatic nitrogens is 6. The lowest BCUT2D eigenvalue weighted by molar-refractivity contribution is 0.661. The van der Waals surface area contributed by atoms with Crippen LogP contribution in [0.5, 0.6) is 0 Å². The van der Waals surface area contributed by atoms with Crippen molar-refractivity contribution in [2.75, 3.05) is 0 Å². The third kappa shape index (κ3) is 3.51. The monoisotopic (exact) mass is 445 g/mol. The SMILES string of the molecule is O=c1c2c3nc4ccccc4nc3n(/N=C/c3cccnc3)c2ncn1CCc1ccccc1. The molecule has 6 aromatic rings. The fourth-order valence-corrected chi connectivity index (χ4v) is 3.99. The van der Waals surface area contributed by atoms with Crippen molar-refractivity contribution in [3.63, 3.8) is 0 Å². The summed E-state index contributed by atoms with van der Waals surface area (Å²) in [6.07, 6.45) is 7.38. The zero-order chi connectivity index (χ0) is 22.9. The van der Waals surface area contributed by atoms with Crippen molar-refractivity contribution < 1.29 is 0 Å². The average molecular weight is 445 g/mol. The highest BCUT2D eigenvalue weighted by Gasteiger charge is 2.19. The molecule has 8 heteroatoms. The number of hydrogen-bond donors (Lipinski definition) is 0. The predicted molar refractivity (Wildman–Crippen MR) is 132 cm³/mol. The lowest BCUT2D eigenvalue weighted by Crippen LogP contribution is -2.21. The Bertz CT molecular complexity index is 1720. The van der Waals surface area contributed by atoms with Crippen molar-refractivity contribution in [1.82, 2.24) is 29.2 Å². The Morgan fingerprint density at radius 1 is 0.882 bits per heavy atom. The smallest absolute Gasteiger partial charge is 0.265 e. The van der Waals surface area contributed by atoms with Crippen LogP contribution >= 0.6 is 0 Å². The summed E-state index contributed by atoms with van der Waals surface area (Å²) in [5.41, 5.74) is 4.65. The summed E-state index contributed by atoms with van der Waals surface area (Å²) in [4.78, 5) is 31.9. The van der Waals surface area contributed by atoms with Gasteiger partial charge in [-0.3, -0.25) is 14.3 Å². The van der Waals surface area contributed by atoms with Gasteiger partial charge in [0.1, 0.15) is 10.9 Å². The van der Waals surface area contributed by atoms with E-state index in [1.165, 1.54) is 0 Å². The second kappa shape index (κ2) is 8.32. The minimum absolute atomic E-state index is 0.161. The van der Waals surface area contributed by atoms with Gasteiger partial charge in [-0.15, -0.1) is 0 Å². The Morgan fingerprint density at radius 2 is 1.68 bits per heavy atom. The molecule has 0 radical (unpaired) electrons. The van der Waals surface area contributed by atoms with E-state index in [9.17, 15) is 4.79 Å². The molecule has 0 aliphatic carbocycles. The molecule has 0 aliphatic heterocycles. The van der Waals surface area contributed by atoms with Crippen molar-refractivity contribution in [1.29, 1.82) is 0 Å². The summed E-state index contributed by atoms with van der Waals surface area (Å²) < 4.78 is 3.21. The van der Waals surface area contributed by atoms with E-state index in [0.29, 0.717) is 34.3 Å². The van der Waals surface area contributed by atoms with Gasteiger partial charge in [-0.05, 0) is 30.2 Å². The molecule has 4 aromatic heterocycles. The van der Waals surface area contributed by atoms with Crippen molar-refractivity contribution in [3.8, 4) is 0 Å². The van der Waals surface area contributed by atoms with E-state index >= 15 is 0 Å². The van der Waals surface area contributed by atoms with Gasteiger partial charge in [0.05, 0.1) is 23.6 Å². The van der Waals surface area contributed by atoms with Crippen molar-refractivity contribution in [2.45, 2.75) is 13.0 Å². The lowest BCUT2D eigenvalue weighted by atomic mass is 10.1. The molecular weight excluding hydrogens is 426 g/mol. The minimum Gasteiger partial charge on any atom is -0.298 e. The van der Waals surface area contributed by atoms with Crippen molar-refractivity contribution in [2.24, 2.45) is 5.10 Å². The second-order valence-corrected chi connectivity index (χ2v) is 7.90. The number of nitrogens with zero attached hydrogens (tertiary/aromatic N) is 7. The maximum atomic E-state index is 13.6. The summed E-state index contributed by atoms with van der Waals surface area (Å²) in [6.45, 7) is 0.512. The third-order valence-corrected chi connectivity index (χ3v) is 5.70. The Balaban J connectivity index is 1.55. The molecule has 0 aliphatic rings. The normalized spacial score (nSPS) is 11.8. The first-order chi connectivity index (χ1) is 16.8. The van der Waals surface area contributed by atoms with Crippen molar-refractivity contribution >= 4 is 39.4 Å². The van der Waals surface area contributed by atoms with Crippen LogP contribution in [0.2, 0.25) is 0 Å². The molecule has 0 amide bonds. The van der Waals surface area contributed by atoms with Crippen molar-refractivity contribution in [3.05, 3.63) is 107 Å². The average Bonchev–Trinajstić information content (AvgIpc) is 3.20. The van der Waals surface area contributed by atoms with E-state index in [2.05, 4.69) is 15.1 Å². The van der Waals surface area contributed by atoms with Crippen LogP contribution in [-0.2, 0) is 13.0 Å². The first-order valence-corrected chi connectivity index (χ1v) is 10.9. The number of rotatable bonds is 5. The first-order valence-electron chi connectivity index (χ1n) is 10.9. The van der Waals surface area contributed by atoms with Gasteiger partial charge in [0.25, 0.3) is 5.56 Å². The molecule has 2 aromatic carbocycles. The molecular formula is C26H19N7O. The number of aryl methyl sites for hydroxylation is 2. The largest absolute Gasteiger partial charge is 0.298 e. The molecule has 8 nitrogen and oxygen atoms in total. The van der Waals surface area contributed by atoms with Gasteiger partial charge in [-0.2, -0.15) is 9.78 Å². The van der Waals surface area contributed by atoms with E-state index in [4.69, 9.17) is 9.97 Å². The van der Waals surface area contributed by atoms with E-state index in [-0.39, 0.29) is 5.56 Å². The zero-order valence-corrected chi connectivity index (χ0v) is 18.1. The minimum atomic E-state index is -0.161. The Morgan fingerprint density at radius 3 is 2.47 bits per heavy atom. The lowest BCUT2D eigenvalue weighted by Gasteiger charge is -2.05. The van der Waals surface area contributed by atoms with Crippen LogP contribution in [0.25, 0.3) is 33.2 Å². The molecule has 0 fully saturated rings. The van der Waals surface area contributed by atoms with Crippen LogP contribution in [0.3, 0.4) is 0 Å². The maximum absolute atomic E-state index is 13.6. The van der Waals surface area contributed by atoms with Gasteiger partial charge in [-0.1, -0.05) is 48.5 Å². The van der Waals surface area contributed by atoms with E-state index in [0.717, 1.165) is 23.1 Å². The molecule has 0 atom stereocenters. The highest BCUT2D eigenvalue weighted by Crippen LogP contribution is 2.24. The second-order valence-electron chi connectivity index (χ2n) is 7.90. The van der Waals surface area contributed by atoms with Gasteiger partial charge in [0.15, 0.2) is 11.3 Å². The third-order valence-electron chi connectivity index (χ3n) is 5.70. The number of pyridine rings is 1. The van der Waals surface area contributed by atoms with Crippen LogP contribution in [0.15, 0.2) is 95.3 Å². The van der Waals surface area contributed by atoms with Gasteiger partial charge < -0.3 is 0 Å². The van der Waals surface area contributed by atoms with Crippen LogP contribution in [0.1, 0.15) is 11.1 Å². The van der Waals surface area contributed by atoms with Gasteiger partial charge in [0.2, 0.25) is 0 Å². The summed E-state index contributed by atoms with van der Waals surface area (Å²) in [5, 5.41) is 5.01. The fourth-order valence-electron chi connectivity index (χ4n) is 3.99. The Kier molecular flexibility index (Phi) is 4.88. The summed E-state index contributed by atoms with van der Waals surface area (Å²) >= 11 is 0. The Labute approximate surface area is 193 Å². The van der Waals surface area contributed by atoms with E-state index in [1.54, 1.807) is 34.2 Å². The fraction of sp³-hybridized carbons (Fsp3) is 0.0769. The Hall–Kier alpha value is -4.72. The van der Waals surface area contributed by atoms with Crippen LogP contribution < -0.4 is 5.56 Å². The maximum Gasteiger partial charge on any atom is 0.265 e. The highest BCUT2D eigenvalue weighted by atomic mass is 16.1. The number of benzene rings is 2. The first kappa shape index (κ1) is 19.9. The van der Waals surface area contributed by atoms with Gasteiger partial charge in [-0.25, -0.2) is 15.0 Å². The van der Waals surface area contributed by atoms with Crippen LogP contribution in [0.4, 0.5) is 0 Å². The molecule has 0 unspecified atom stereocenters. The van der Waals surface area contributed by atoms with E-state index < -0.39 is 0 Å². The number of para-hydroxylation sites is 2. The summed E-state index contributed by atoms with van der Waals surface area (Å²) in [6, 6.07) is 21.4. The molecule has 34 heavy (non-hydrogen) atoms. The van der Waals surface area contributed by atoms with Gasteiger partial charge in [0, 0.05) is 24.5 Å². The topological polar surface area (TPSA) is 90.8 Å². The molecule has 0 N–H and O–H groups in total. The van der Waals surface area contributed by atoms with E-state index in [1.807, 2.05) is 66.7 Å². The molecule has 4 heterocycles. The van der Waals surface area contributed by atoms with Gasteiger partial charge >= 0.3 is 0 Å². The number of hydrogen-bond acceptors (Lipinski definition) is 6. The van der Waals surface area contributed by atoms with Crippen LogP contribution in [0, 0.1) is 0 Å². The summed E-state index contributed by atoms with van der Waals surface area (Å²) in [5.74, 6) is 0. The molecule has 0 bridgehead atoms. The highest BCUT2D eigenvalue weighted by molar-refractivity contribution is 6.04.